The van der Waals surface area contributed by atoms with E-state index in [1.165, 1.54) is 24.3 Å². The average Bonchev–Trinajstić information content (AvgIpc) is 3.44. The van der Waals surface area contributed by atoms with Gasteiger partial charge in [-0.2, -0.15) is 5.10 Å². The van der Waals surface area contributed by atoms with Crippen molar-refractivity contribution in [2.24, 2.45) is 0 Å². The third-order valence-corrected chi connectivity index (χ3v) is 4.99. The molecule has 0 bridgehead atoms. The standard InChI is InChI=1S/C22H17BrN4O5/c23-16-3-1-15(2-4-16)12-26-13-17(11-24-26)25-22(28)21-10-9-20(32-21)14-31-19-7-5-18(6-8-19)27(29)30/h1-11,13H,12,14H2,(H,25,28). The molecule has 0 aliphatic carbocycles. The van der Waals surface area contributed by atoms with Crippen LogP contribution in [-0.4, -0.2) is 20.6 Å². The number of nitrogens with one attached hydrogen (secondary N) is 1. The van der Waals surface area contributed by atoms with Crippen LogP contribution in [0.2, 0.25) is 0 Å². The maximum Gasteiger partial charge on any atom is 0.291 e. The maximum atomic E-state index is 12.5. The number of halogens is 1. The number of furan rings is 1. The molecule has 0 radical (unpaired) electrons. The molecule has 0 saturated heterocycles. The molecule has 0 aliphatic heterocycles. The predicted molar refractivity (Wildman–Crippen MR) is 120 cm³/mol. The number of benzene rings is 2. The molecule has 9 nitrogen and oxygen atoms in total. The molecule has 0 unspecified atom stereocenters. The summed E-state index contributed by atoms with van der Waals surface area (Å²) < 4.78 is 13.8. The van der Waals surface area contributed by atoms with Crippen LogP contribution in [-0.2, 0) is 13.2 Å². The van der Waals surface area contributed by atoms with Crippen LogP contribution in [0.25, 0.3) is 0 Å². The summed E-state index contributed by atoms with van der Waals surface area (Å²) in [6.07, 6.45) is 3.31. The molecule has 4 aromatic rings. The number of nitrogens with zero attached hydrogens (tertiary/aromatic N) is 3. The van der Waals surface area contributed by atoms with Gasteiger partial charge >= 0.3 is 0 Å². The van der Waals surface area contributed by atoms with Crippen molar-refractivity contribution in [1.82, 2.24) is 9.78 Å². The van der Waals surface area contributed by atoms with Gasteiger partial charge in [0.15, 0.2) is 5.76 Å². The van der Waals surface area contributed by atoms with Crippen LogP contribution in [0.5, 0.6) is 5.75 Å². The lowest BCUT2D eigenvalue weighted by Crippen LogP contribution is -2.10. The number of hydrogen-bond donors (Lipinski definition) is 1. The minimum atomic E-state index is -0.480. The van der Waals surface area contributed by atoms with E-state index < -0.39 is 10.8 Å². The van der Waals surface area contributed by atoms with Gasteiger partial charge in [0.05, 0.1) is 23.4 Å². The topological polar surface area (TPSA) is 112 Å². The van der Waals surface area contributed by atoms with E-state index in [-0.39, 0.29) is 18.1 Å². The molecular formula is C22H17BrN4O5. The first-order valence-electron chi connectivity index (χ1n) is 9.50. The zero-order valence-electron chi connectivity index (χ0n) is 16.6. The molecule has 2 aromatic carbocycles. The Hall–Kier alpha value is -3.92. The minimum Gasteiger partial charge on any atom is -0.486 e. The number of amides is 1. The van der Waals surface area contributed by atoms with Crippen LogP contribution in [0.3, 0.4) is 0 Å². The van der Waals surface area contributed by atoms with Gasteiger partial charge in [0.1, 0.15) is 18.1 Å². The second-order valence-corrected chi connectivity index (χ2v) is 7.73. The molecule has 0 spiro atoms. The van der Waals surface area contributed by atoms with Crippen LogP contribution in [0.1, 0.15) is 21.9 Å². The van der Waals surface area contributed by atoms with Gasteiger partial charge in [-0.1, -0.05) is 28.1 Å². The summed E-state index contributed by atoms with van der Waals surface area (Å²) in [5.41, 5.74) is 1.61. The number of carbonyl (C=O) groups excluding carboxylic acids is 1. The third-order valence-electron chi connectivity index (χ3n) is 4.46. The third kappa shape index (κ3) is 5.41. The number of aromatic nitrogens is 2. The smallest absolute Gasteiger partial charge is 0.291 e. The molecule has 1 amide bonds. The lowest BCUT2D eigenvalue weighted by Gasteiger charge is -2.04. The Balaban J connectivity index is 1.31. The normalized spacial score (nSPS) is 10.7. The molecule has 4 rings (SSSR count). The molecule has 32 heavy (non-hydrogen) atoms. The zero-order valence-corrected chi connectivity index (χ0v) is 18.2. The van der Waals surface area contributed by atoms with Crippen molar-refractivity contribution in [2.45, 2.75) is 13.2 Å². The Morgan fingerprint density at radius 3 is 2.59 bits per heavy atom. The number of carbonyl (C=O) groups is 1. The van der Waals surface area contributed by atoms with Crippen molar-refractivity contribution in [3.05, 3.63) is 105 Å². The SMILES string of the molecule is O=C(Nc1cnn(Cc2ccc(Br)cc2)c1)c1ccc(COc2ccc([N+](=O)[O-])cc2)o1. The van der Waals surface area contributed by atoms with Gasteiger partial charge in [-0.05, 0) is 42.0 Å². The van der Waals surface area contributed by atoms with Gasteiger partial charge in [-0.3, -0.25) is 19.6 Å². The average molecular weight is 497 g/mol. The largest absolute Gasteiger partial charge is 0.486 e. The summed E-state index contributed by atoms with van der Waals surface area (Å²) >= 11 is 3.41. The Morgan fingerprint density at radius 1 is 1.12 bits per heavy atom. The van der Waals surface area contributed by atoms with E-state index in [1.54, 1.807) is 29.2 Å². The van der Waals surface area contributed by atoms with Crippen molar-refractivity contribution in [3.8, 4) is 5.75 Å². The fourth-order valence-electron chi connectivity index (χ4n) is 2.88. The number of nitro benzene ring substituents is 1. The number of hydrogen-bond acceptors (Lipinski definition) is 6. The highest BCUT2D eigenvalue weighted by molar-refractivity contribution is 9.10. The quantitative estimate of drug-likeness (QED) is 0.270. The Bertz CT molecular complexity index is 1230. The number of nitro groups is 1. The molecule has 1 N–H and O–H groups in total. The van der Waals surface area contributed by atoms with Crippen LogP contribution in [0.4, 0.5) is 11.4 Å². The van der Waals surface area contributed by atoms with Gasteiger partial charge < -0.3 is 14.5 Å². The minimum absolute atomic E-state index is 0.0190. The zero-order chi connectivity index (χ0) is 22.5. The van der Waals surface area contributed by atoms with E-state index in [4.69, 9.17) is 9.15 Å². The lowest BCUT2D eigenvalue weighted by atomic mass is 10.2. The molecular weight excluding hydrogens is 480 g/mol. The van der Waals surface area contributed by atoms with Crippen molar-refractivity contribution < 1.29 is 18.9 Å². The van der Waals surface area contributed by atoms with Crippen LogP contribution in [0, 0.1) is 10.1 Å². The van der Waals surface area contributed by atoms with E-state index in [2.05, 4.69) is 26.3 Å². The summed E-state index contributed by atoms with van der Waals surface area (Å²) in [4.78, 5) is 22.7. The van der Waals surface area contributed by atoms with Gasteiger partial charge in [0.2, 0.25) is 0 Å². The molecule has 2 heterocycles. The van der Waals surface area contributed by atoms with E-state index >= 15 is 0 Å². The summed E-state index contributed by atoms with van der Waals surface area (Å²) in [7, 11) is 0. The van der Waals surface area contributed by atoms with Gasteiger partial charge in [-0.25, -0.2) is 0 Å². The molecule has 2 aromatic heterocycles. The monoisotopic (exact) mass is 496 g/mol. The molecule has 0 fully saturated rings. The van der Waals surface area contributed by atoms with E-state index in [0.717, 1.165) is 10.0 Å². The second kappa shape index (κ2) is 9.48. The van der Waals surface area contributed by atoms with Crippen LogP contribution >= 0.6 is 15.9 Å². The Kier molecular flexibility index (Phi) is 6.31. The van der Waals surface area contributed by atoms with Crippen molar-refractivity contribution in [1.29, 1.82) is 0 Å². The highest BCUT2D eigenvalue weighted by Gasteiger charge is 2.13. The van der Waals surface area contributed by atoms with Gasteiger partial charge in [0, 0.05) is 22.8 Å². The first-order valence-corrected chi connectivity index (χ1v) is 10.3. The van der Waals surface area contributed by atoms with Crippen molar-refractivity contribution in [3.63, 3.8) is 0 Å². The number of anilines is 1. The van der Waals surface area contributed by atoms with Crippen LogP contribution < -0.4 is 10.1 Å². The summed E-state index contributed by atoms with van der Waals surface area (Å²) in [6.45, 7) is 0.657. The second-order valence-electron chi connectivity index (χ2n) is 6.81. The number of ether oxygens (including phenoxy) is 1. The summed E-state index contributed by atoms with van der Waals surface area (Å²) in [5.74, 6) is 0.623. The van der Waals surface area contributed by atoms with Crippen molar-refractivity contribution in [2.75, 3.05) is 5.32 Å². The van der Waals surface area contributed by atoms with Crippen molar-refractivity contribution >= 4 is 33.2 Å². The molecule has 10 heteroatoms. The molecule has 0 atom stereocenters. The van der Waals surface area contributed by atoms with E-state index in [0.29, 0.717) is 23.7 Å². The molecule has 0 saturated carbocycles. The highest BCUT2D eigenvalue weighted by Crippen LogP contribution is 2.19. The van der Waals surface area contributed by atoms with Crippen LogP contribution in [0.15, 0.2) is 81.9 Å². The first kappa shape index (κ1) is 21.3. The highest BCUT2D eigenvalue weighted by atomic mass is 79.9. The number of non-ortho nitro benzene ring substituents is 1. The number of rotatable bonds is 8. The molecule has 0 aliphatic rings. The summed E-state index contributed by atoms with van der Waals surface area (Å²) in [6, 6.07) is 16.8. The van der Waals surface area contributed by atoms with Gasteiger partial charge in [-0.15, -0.1) is 0 Å². The fraction of sp³-hybridized carbons (Fsp3) is 0.0909. The predicted octanol–water partition coefficient (Wildman–Crippen LogP) is 5.03. The first-order chi connectivity index (χ1) is 15.5. The summed E-state index contributed by atoms with van der Waals surface area (Å²) in [5, 5.41) is 17.7. The lowest BCUT2D eigenvalue weighted by molar-refractivity contribution is -0.384. The molecule has 162 valence electrons. The Labute approximate surface area is 190 Å². The van der Waals surface area contributed by atoms with Gasteiger partial charge in [0.25, 0.3) is 11.6 Å². The fourth-order valence-corrected chi connectivity index (χ4v) is 3.14. The van der Waals surface area contributed by atoms with E-state index in [9.17, 15) is 14.9 Å². The van der Waals surface area contributed by atoms with E-state index in [1.807, 2.05) is 24.3 Å². The maximum absolute atomic E-state index is 12.5. The Morgan fingerprint density at radius 2 is 1.88 bits per heavy atom.